The summed E-state index contributed by atoms with van der Waals surface area (Å²) in [5.74, 6) is -10.8. The van der Waals surface area contributed by atoms with Crippen LogP contribution in [0.3, 0.4) is 0 Å². The van der Waals surface area contributed by atoms with Gasteiger partial charge in [-0.05, 0) is 55.4 Å². The number of hydrogen-bond donors (Lipinski definition) is 9. The zero-order chi connectivity index (χ0) is 50.3. The number of nitrogens with two attached hydrogens (primary N) is 1. The molecule has 0 saturated carbocycles. The van der Waals surface area contributed by atoms with E-state index in [0.717, 1.165) is 6.92 Å². The molecule has 22 heteroatoms. The van der Waals surface area contributed by atoms with Gasteiger partial charge in [-0.1, -0.05) is 71.9 Å². The van der Waals surface area contributed by atoms with Gasteiger partial charge >= 0.3 is 11.9 Å². The number of carboxylic acids is 2. The number of nitrogens with one attached hydrogen (secondary N) is 6. The van der Waals surface area contributed by atoms with Crippen LogP contribution in [0.1, 0.15) is 99.0 Å². The van der Waals surface area contributed by atoms with E-state index >= 15 is 0 Å². The van der Waals surface area contributed by atoms with Crippen molar-refractivity contribution in [3.63, 3.8) is 0 Å². The van der Waals surface area contributed by atoms with Crippen molar-refractivity contribution in [3.8, 4) is 0 Å². The number of carbonyl (C=O) groups is 11. The van der Waals surface area contributed by atoms with Gasteiger partial charge in [0, 0.05) is 26.4 Å². The number of nitrogens with zero attached hydrogens (tertiary/aromatic N) is 2. The molecular weight excluding hydrogens is 875 g/mol. The highest BCUT2D eigenvalue weighted by molar-refractivity contribution is 5.99. The minimum absolute atomic E-state index is 0.0625. The van der Waals surface area contributed by atoms with Crippen LogP contribution in [-0.4, -0.2) is 147 Å². The third kappa shape index (κ3) is 16.3. The molecule has 370 valence electrons. The Labute approximate surface area is 389 Å². The van der Waals surface area contributed by atoms with Crippen LogP contribution in [0.5, 0.6) is 0 Å². The minimum atomic E-state index is -1.68. The minimum Gasteiger partial charge on any atom is -0.481 e. The third-order valence-electron chi connectivity index (χ3n) is 11.5. The first kappa shape index (κ1) is 54.7. The topological polar surface area (TPSA) is 333 Å². The summed E-state index contributed by atoms with van der Waals surface area (Å²) in [4.78, 5) is 147. The molecule has 9 amide bonds. The highest BCUT2D eigenvalue weighted by atomic mass is 16.4. The van der Waals surface area contributed by atoms with Crippen LogP contribution in [-0.2, 0) is 59.2 Å². The number of rotatable bonds is 24. The van der Waals surface area contributed by atoms with Gasteiger partial charge < -0.3 is 57.6 Å². The number of benzene rings is 1. The molecule has 1 aromatic carbocycles. The summed E-state index contributed by atoms with van der Waals surface area (Å²) in [7, 11) is 0. The largest absolute Gasteiger partial charge is 0.481 e. The number of primary amides is 1. The summed E-state index contributed by atoms with van der Waals surface area (Å²) in [6.45, 7) is 11.6. The van der Waals surface area contributed by atoms with Crippen molar-refractivity contribution >= 4 is 65.1 Å². The van der Waals surface area contributed by atoms with E-state index in [-0.39, 0.29) is 44.7 Å². The van der Waals surface area contributed by atoms with Crippen molar-refractivity contribution in [2.75, 3.05) is 13.1 Å². The summed E-state index contributed by atoms with van der Waals surface area (Å²) in [5.41, 5.74) is 6.06. The summed E-state index contributed by atoms with van der Waals surface area (Å²) < 4.78 is 0. The molecule has 8 atom stereocenters. The highest BCUT2D eigenvalue weighted by Crippen LogP contribution is 2.27. The van der Waals surface area contributed by atoms with Gasteiger partial charge in [0.05, 0.1) is 12.8 Å². The van der Waals surface area contributed by atoms with Gasteiger partial charge in [-0.3, -0.25) is 47.9 Å². The highest BCUT2D eigenvalue weighted by Gasteiger charge is 2.45. The average Bonchev–Trinajstić information content (AvgIpc) is 3.94. The zero-order valence-electron chi connectivity index (χ0n) is 39.2. The van der Waals surface area contributed by atoms with Crippen LogP contribution in [0, 0.1) is 17.8 Å². The number of likely N-dealkylation sites (tertiary alicyclic amines) is 2. The van der Waals surface area contributed by atoms with Crippen molar-refractivity contribution in [1.29, 1.82) is 0 Å². The normalized spacial score (nSPS) is 18.5. The van der Waals surface area contributed by atoms with Crippen LogP contribution in [0.25, 0.3) is 0 Å². The first-order valence-electron chi connectivity index (χ1n) is 22.6. The second-order valence-corrected chi connectivity index (χ2v) is 18.2. The van der Waals surface area contributed by atoms with E-state index < -0.39 is 138 Å². The van der Waals surface area contributed by atoms with Crippen molar-refractivity contribution in [2.24, 2.45) is 23.5 Å². The van der Waals surface area contributed by atoms with E-state index in [0.29, 0.717) is 18.4 Å². The van der Waals surface area contributed by atoms with E-state index in [1.165, 1.54) is 9.80 Å². The maximum absolute atomic E-state index is 14.4. The lowest BCUT2D eigenvalue weighted by Crippen LogP contribution is -2.61. The molecular formula is C45H67N9O13. The maximum Gasteiger partial charge on any atom is 0.326 e. The molecule has 0 bridgehead atoms. The Kier molecular flexibility index (Phi) is 20.7. The predicted octanol–water partition coefficient (Wildman–Crippen LogP) is -1.07. The molecule has 0 aliphatic carbocycles. The molecule has 2 aliphatic heterocycles. The molecule has 2 heterocycles. The Morgan fingerprint density at radius 1 is 0.627 bits per heavy atom. The Morgan fingerprint density at radius 3 is 1.67 bits per heavy atom. The number of carboxylic acid groups (broad SMARTS) is 2. The number of carbonyl (C=O) groups excluding carboxylic acids is 9. The summed E-state index contributed by atoms with van der Waals surface area (Å²) in [6.07, 6.45) is -0.282. The van der Waals surface area contributed by atoms with E-state index in [4.69, 9.17) is 5.73 Å². The standard InChI is InChI=1S/C45H67N9O13/c1-23(2)19-31(50-39(60)29(21-34(46)56)49-38(59)28(20-27-13-9-8-10-14-27)48-40(61)30(22-35(57)58)47-26(7)55)43(64)54-18-12-16-33(54)44(65)53-17-11-15-32(53)41(62)51-36(24(3)4)42(63)52-37(25(5)6)45(66)67/h8-10,13-14,23-25,28-33,36-37H,11-12,15-22H2,1-7H3,(H2,46,56)(H,47,55)(H,48,61)(H,49,59)(H,50,60)(H,51,62)(H,52,63)(H,57,58)(H,66,67)/t28-,29-,30-,31-,32-,33-,36-,37-/m0/s1. The number of amides is 9. The Morgan fingerprint density at radius 2 is 1.15 bits per heavy atom. The molecule has 2 aliphatic rings. The number of aliphatic carboxylic acids is 2. The van der Waals surface area contributed by atoms with Crippen LogP contribution < -0.4 is 37.6 Å². The fourth-order valence-corrected chi connectivity index (χ4v) is 8.13. The van der Waals surface area contributed by atoms with Gasteiger partial charge in [0.25, 0.3) is 0 Å². The first-order valence-corrected chi connectivity index (χ1v) is 22.6. The van der Waals surface area contributed by atoms with Crippen LogP contribution in [0.4, 0.5) is 0 Å². The Bertz CT molecular complexity index is 1980. The fourth-order valence-electron chi connectivity index (χ4n) is 8.13. The third-order valence-corrected chi connectivity index (χ3v) is 11.5. The Balaban J connectivity index is 1.84. The number of hydrogen-bond acceptors (Lipinski definition) is 11. The SMILES string of the molecule is CC(=O)N[C@@H](CC(=O)O)C(=O)N[C@@H](Cc1ccccc1)C(=O)N[C@@H](CC(N)=O)C(=O)N[C@@H](CC(C)C)C(=O)N1CCC[C@H]1C(=O)N1CCC[C@H]1C(=O)N[C@H](C(=O)N[C@H](C(=O)O)C(C)C)C(C)C. The quantitative estimate of drug-likeness (QED) is 0.0597. The first-order chi connectivity index (χ1) is 31.4. The van der Waals surface area contributed by atoms with Crippen molar-refractivity contribution < 1.29 is 63.0 Å². The summed E-state index contributed by atoms with van der Waals surface area (Å²) in [5, 5.41) is 33.9. The molecule has 10 N–H and O–H groups in total. The summed E-state index contributed by atoms with van der Waals surface area (Å²) >= 11 is 0. The van der Waals surface area contributed by atoms with Gasteiger partial charge in [-0.15, -0.1) is 0 Å². The predicted molar refractivity (Wildman–Crippen MR) is 240 cm³/mol. The molecule has 3 rings (SSSR count). The molecule has 0 aromatic heterocycles. The monoisotopic (exact) mass is 941 g/mol. The smallest absolute Gasteiger partial charge is 0.326 e. The molecule has 0 radical (unpaired) electrons. The van der Waals surface area contributed by atoms with E-state index in [9.17, 15) is 63.0 Å². The van der Waals surface area contributed by atoms with Gasteiger partial charge in [-0.25, -0.2) is 4.79 Å². The maximum atomic E-state index is 14.4. The molecule has 67 heavy (non-hydrogen) atoms. The van der Waals surface area contributed by atoms with E-state index in [2.05, 4.69) is 31.9 Å². The van der Waals surface area contributed by atoms with Gasteiger partial charge in [0.15, 0.2) is 0 Å². The lowest BCUT2D eigenvalue weighted by molar-refractivity contribution is -0.148. The second-order valence-electron chi connectivity index (χ2n) is 18.2. The van der Waals surface area contributed by atoms with E-state index in [1.807, 2.05) is 0 Å². The molecule has 2 saturated heterocycles. The van der Waals surface area contributed by atoms with Gasteiger partial charge in [0.1, 0.15) is 48.3 Å². The zero-order valence-corrected chi connectivity index (χ0v) is 39.2. The van der Waals surface area contributed by atoms with Crippen molar-refractivity contribution in [3.05, 3.63) is 35.9 Å². The van der Waals surface area contributed by atoms with Crippen molar-refractivity contribution in [1.82, 2.24) is 41.7 Å². The molecule has 0 unspecified atom stereocenters. The van der Waals surface area contributed by atoms with Crippen LogP contribution >= 0.6 is 0 Å². The molecule has 22 nitrogen and oxygen atoms in total. The van der Waals surface area contributed by atoms with Gasteiger partial charge in [0.2, 0.25) is 53.2 Å². The molecule has 2 fully saturated rings. The fraction of sp³-hybridized carbons (Fsp3) is 0.622. The van der Waals surface area contributed by atoms with Crippen molar-refractivity contribution in [2.45, 2.75) is 148 Å². The molecule has 0 spiro atoms. The average molecular weight is 942 g/mol. The Hall–Kier alpha value is -6.61. The van der Waals surface area contributed by atoms with Gasteiger partial charge in [-0.2, -0.15) is 0 Å². The van der Waals surface area contributed by atoms with E-state index in [1.54, 1.807) is 71.9 Å². The summed E-state index contributed by atoms with van der Waals surface area (Å²) in [6, 6.07) is -1.95. The lowest BCUT2D eigenvalue weighted by atomic mass is 9.99. The second kappa shape index (κ2) is 25.3. The lowest BCUT2D eigenvalue weighted by Gasteiger charge is -2.34. The van der Waals surface area contributed by atoms with Crippen LogP contribution in [0.2, 0.25) is 0 Å². The molecule has 1 aromatic rings. The van der Waals surface area contributed by atoms with Crippen LogP contribution in [0.15, 0.2) is 30.3 Å².